The van der Waals surface area contributed by atoms with Crippen molar-refractivity contribution in [1.82, 2.24) is 20.0 Å². The number of nitrogens with zero attached hydrogens (tertiary/aromatic N) is 5. The van der Waals surface area contributed by atoms with Crippen molar-refractivity contribution in [2.24, 2.45) is 0 Å². The number of carbonyl (C=O) groups is 2. The third kappa shape index (κ3) is 5.42. The molecule has 1 unspecified atom stereocenters. The first-order chi connectivity index (χ1) is 16.6. The molecular formula is C27H31N5O2. The highest BCUT2D eigenvalue weighted by Gasteiger charge is 2.28. The Balaban J connectivity index is 1.35. The SMILES string of the molecule is CCC(C)N(CC(=O)N1CCN(c2ccc(-c3ccccc3)nn2)CC1)C(=O)c1ccccc1. The Bertz CT molecular complexity index is 1080. The second-order valence-corrected chi connectivity index (χ2v) is 8.57. The van der Waals surface area contributed by atoms with E-state index in [9.17, 15) is 9.59 Å². The summed E-state index contributed by atoms with van der Waals surface area (Å²) in [5.74, 6) is 0.692. The third-order valence-corrected chi connectivity index (χ3v) is 6.39. The van der Waals surface area contributed by atoms with Crippen molar-refractivity contribution in [1.29, 1.82) is 0 Å². The van der Waals surface area contributed by atoms with Gasteiger partial charge in [-0.05, 0) is 37.6 Å². The van der Waals surface area contributed by atoms with Crippen LogP contribution in [0.4, 0.5) is 5.82 Å². The summed E-state index contributed by atoms with van der Waals surface area (Å²) in [6, 6.07) is 23.1. The molecule has 0 spiro atoms. The number of amides is 2. The van der Waals surface area contributed by atoms with Gasteiger partial charge in [0.1, 0.15) is 6.54 Å². The predicted octanol–water partition coefficient (Wildman–Crippen LogP) is 3.73. The van der Waals surface area contributed by atoms with Crippen LogP contribution in [-0.4, -0.2) is 70.6 Å². The molecular weight excluding hydrogens is 426 g/mol. The number of rotatable bonds is 7. The minimum absolute atomic E-state index is 0.0173. The number of piperazine rings is 1. The fourth-order valence-corrected chi connectivity index (χ4v) is 4.08. The molecule has 0 bridgehead atoms. The normalized spacial score (nSPS) is 14.5. The molecule has 4 rings (SSSR count). The molecule has 0 aliphatic carbocycles. The smallest absolute Gasteiger partial charge is 0.254 e. The molecule has 1 aromatic heterocycles. The predicted molar refractivity (Wildman–Crippen MR) is 133 cm³/mol. The maximum Gasteiger partial charge on any atom is 0.254 e. The van der Waals surface area contributed by atoms with Gasteiger partial charge in [0.2, 0.25) is 5.91 Å². The third-order valence-electron chi connectivity index (χ3n) is 6.39. The monoisotopic (exact) mass is 457 g/mol. The lowest BCUT2D eigenvalue weighted by atomic mass is 10.1. The molecule has 1 saturated heterocycles. The lowest BCUT2D eigenvalue weighted by molar-refractivity contribution is -0.132. The first-order valence-corrected chi connectivity index (χ1v) is 11.8. The topological polar surface area (TPSA) is 69.6 Å². The second-order valence-electron chi connectivity index (χ2n) is 8.57. The van der Waals surface area contributed by atoms with Gasteiger partial charge >= 0.3 is 0 Å². The van der Waals surface area contributed by atoms with Crippen LogP contribution in [0.2, 0.25) is 0 Å². The van der Waals surface area contributed by atoms with Crippen LogP contribution < -0.4 is 4.90 Å². The van der Waals surface area contributed by atoms with E-state index in [1.54, 1.807) is 17.0 Å². The van der Waals surface area contributed by atoms with Gasteiger partial charge in [-0.25, -0.2) is 0 Å². The number of hydrogen-bond donors (Lipinski definition) is 0. The van der Waals surface area contributed by atoms with E-state index in [1.807, 2.05) is 79.4 Å². The Morgan fingerprint density at radius 1 is 0.882 bits per heavy atom. The molecule has 7 nitrogen and oxygen atoms in total. The molecule has 7 heteroatoms. The molecule has 1 aliphatic rings. The molecule has 3 aromatic rings. The molecule has 34 heavy (non-hydrogen) atoms. The zero-order chi connectivity index (χ0) is 23.9. The first kappa shape index (κ1) is 23.4. The number of hydrogen-bond acceptors (Lipinski definition) is 5. The quantitative estimate of drug-likeness (QED) is 0.541. The summed E-state index contributed by atoms with van der Waals surface area (Å²) in [4.78, 5) is 31.8. The van der Waals surface area contributed by atoms with E-state index in [2.05, 4.69) is 15.1 Å². The van der Waals surface area contributed by atoms with Crippen molar-refractivity contribution in [2.75, 3.05) is 37.6 Å². The van der Waals surface area contributed by atoms with E-state index in [4.69, 9.17) is 0 Å². The van der Waals surface area contributed by atoms with Crippen LogP contribution in [0.25, 0.3) is 11.3 Å². The lowest BCUT2D eigenvalue weighted by Crippen LogP contribution is -2.53. The molecule has 1 aliphatic heterocycles. The zero-order valence-electron chi connectivity index (χ0n) is 19.8. The summed E-state index contributed by atoms with van der Waals surface area (Å²) in [5, 5.41) is 8.79. The standard InChI is InChI=1S/C27H31N5O2/c1-3-21(2)32(27(34)23-12-8-5-9-13-23)20-26(33)31-18-16-30(17-19-31)25-15-14-24(28-29-25)22-10-6-4-7-11-22/h4-15,21H,3,16-20H2,1-2H3. The van der Waals surface area contributed by atoms with Crippen LogP contribution in [0.3, 0.4) is 0 Å². The number of aromatic nitrogens is 2. The molecule has 1 atom stereocenters. The largest absolute Gasteiger partial charge is 0.352 e. The number of anilines is 1. The van der Waals surface area contributed by atoms with Crippen LogP contribution in [0.1, 0.15) is 30.6 Å². The van der Waals surface area contributed by atoms with Gasteiger partial charge in [0.05, 0.1) is 5.69 Å². The summed E-state index contributed by atoms with van der Waals surface area (Å²) in [6.45, 7) is 6.66. The maximum atomic E-state index is 13.1. The Labute approximate surface area is 201 Å². The van der Waals surface area contributed by atoms with E-state index in [-0.39, 0.29) is 24.4 Å². The van der Waals surface area contributed by atoms with E-state index >= 15 is 0 Å². The van der Waals surface area contributed by atoms with Gasteiger partial charge in [0.25, 0.3) is 5.91 Å². The van der Waals surface area contributed by atoms with Gasteiger partial charge in [0, 0.05) is 43.3 Å². The summed E-state index contributed by atoms with van der Waals surface area (Å²) < 4.78 is 0. The summed E-state index contributed by atoms with van der Waals surface area (Å²) in [7, 11) is 0. The van der Waals surface area contributed by atoms with Crippen LogP contribution in [0.15, 0.2) is 72.8 Å². The van der Waals surface area contributed by atoms with E-state index < -0.39 is 0 Å². The maximum absolute atomic E-state index is 13.1. The van der Waals surface area contributed by atoms with E-state index in [0.29, 0.717) is 31.7 Å². The molecule has 0 N–H and O–H groups in total. The van der Waals surface area contributed by atoms with Gasteiger partial charge in [-0.3, -0.25) is 9.59 Å². The van der Waals surface area contributed by atoms with Gasteiger partial charge < -0.3 is 14.7 Å². The van der Waals surface area contributed by atoms with Gasteiger partial charge in [-0.15, -0.1) is 10.2 Å². The van der Waals surface area contributed by atoms with Gasteiger partial charge in [-0.1, -0.05) is 55.5 Å². The highest BCUT2D eigenvalue weighted by Crippen LogP contribution is 2.19. The fourth-order valence-electron chi connectivity index (χ4n) is 4.08. The van der Waals surface area contributed by atoms with Crippen molar-refractivity contribution in [3.63, 3.8) is 0 Å². The zero-order valence-corrected chi connectivity index (χ0v) is 19.8. The summed E-state index contributed by atoms with van der Waals surface area (Å²) in [5.41, 5.74) is 2.48. The van der Waals surface area contributed by atoms with Gasteiger partial charge in [0.15, 0.2) is 5.82 Å². The van der Waals surface area contributed by atoms with Gasteiger partial charge in [-0.2, -0.15) is 0 Å². The molecule has 2 aromatic carbocycles. The van der Waals surface area contributed by atoms with Crippen molar-refractivity contribution >= 4 is 17.6 Å². The molecule has 176 valence electrons. The van der Waals surface area contributed by atoms with Crippen LogP contribution in [0.5, 0.6) is 0 Å². The first-order valence-electron chi connectivity index (χ1n) is 11.8. The van der Waals surface area contributed by atoms with Crippen LogP contribution in [0, 0.1) is 0 Å². The minimum Gasteiger partial charge on any atom is -0.352 e. The van der Waals surface area contributed by atoms with Crippen molar-refractivity contribution in [2.45, 2.75) is 26.3 Å². The fraction of sp³-hybridized carbons (Fsp3) is 0.333. The summed E-state index contributed by atoms with van der Waals surface area (Å²) in [6.07, 6.45) is 0.789. The minimum atomic E-state index is -0.101. The average Bonchev–Trinajstić information content (AvgIpc) is 2.92. The van der Waals surface area contributed by atoms with Crippen molar-refractivity contribution < 1.29 is 9.59 Å². The Morgan fingerprint density at radius 3 is 2.12 bits per heavy atom. The lowest BCUT2D eigenvalue weighted by Gasteiger charge is -2.37. The molecule has 0 radical (unpaired) electrons. The second kappa shape index (κ2) is 10.9. The highest BCUT2D eigenvalue weighted by atomic mass is 16.2. The van der Waals surface area contributed by atoms with E-state index in [0.717, 1.165) is 23.5 Å². The van der Waals surface area contributed by atoms with Crippen molar-refractivity contribution in [3.05, 3.63) is 78.4 Å². The molecule has 2 heterocycles. The van der Waals surface area contributed by atoms with Crippen LogP contribution in [-0.2, 0) is 4.79 Å². The van der Waals surface area contributed by atoms with E-state index in [1.165, 1.54) is 0 Å². The Morgan fingerprint density at radius 2 is 1.53 bits per heavy atom. The Kier molecular flexibility index (Phi) is 7.52. The Hall–Kier alpha value is -3.74. The van der Waals surface area contributed by atoms with Crippen molar-refractivity contribution in [3.8, 4) is 11.3 Å². The summed E-state index contributed by atoms with van der Waals surface area (Å²) >= 11 is 0. The molecule has 2 amide bonds. The number of benzene rings is 2. The number of carbonyl (C=O) groups excluding carboxylic acids is 2. The average molecular weight is 458 g/mol. The van der Waals surface area contributed by atoms with Crippen LogP contribution >= 0.6 is 0 Å². The molecule has 0 saturated carbocycles. The molecule has 1 fully saturated rings. The highest BCUT2D eigenvalue weighted by molar-refractivity contribution is 5.96.